The largest absolute Gasteiger partial charge is 0.312 e. The first kappa shape index (κ1) is 18.0. The summed E-state index contributed by atoms with van der Waals surface area (Å²) in [5, 5.41) is 7.98. The molecule has 1 atom stereocenters. The summed E-state index contributed by atoms with van der Waals surface area (Å²) < 4.78 is 1.93. The van der Waals surface area contributed by atoms with Crippen LogP contribution in [0.1, 0.15) is 44.6 Å². The Bertz CT molecular complexity index is 844. The van der Waals surface area contributed by atoms with Crippen molar-refractivity contribution in [1.29, 1.82) is 0 Å². The summed E-state index contributed by atoms with van der Waals surface area (Å²) in [6.45, 7) is 0.364. The van der Waals surface area contributed by atoms with Crippen LogP contribution in [0.5, 0.6) is 0 Å². The van der Waals surface area contributed by atoms with E-state index >= 15 is 0 Å². The van der Waals surface area contributed by atoms with Gasteiger partial charge >= 0.3 is 0 Å². The SMILES string of the molecule is O=C(Nc1ccnn1C1CCCCC1)C1CC(=O)N(c2cccc(Cl)c2)C1. The zero-order valence-electron chi connectivity index (χ0n) is 15.1. The van der Waals surface area contributed by atoms with Gasteiger partial charge in [-0.3, -0.25) is 9.59 Å². The fourth-order valence-corrected chi connectivity index (χ4v) is 4.22. The van der Waals surface area contributed by atoms with Crippen LogP contribution < -0.4 is 10.2 Å². The second-order valence-electron chi connectivity index (χ2n) is 7.33. The van der Waals surface area contributed by atoms with Gasteiger partial charge in [0.1, 0.15) is 5.82 Å². The molecule has 1 aliphatic carbocycles. The maximum atomic E-state index is 12.8. The molecule has 1 saturated carbocycles. The van der Waals surface area contributed by atoms with Crippen LogP contribution in [-0.2, 0) is 9.59 Å². The van der Waals surface area contributed by atoms with Gasteiger partial charge in [0.15, 0.2) is 0 Å². The fourth-order valence-electron chi connectivity index (χ4n) is 4.03. The standard InChI is InChI=1S/C20H23ClN4O2/c21-15-5-4-8-17(12-15)24-13-14(11-19(24)26)20(27)23-18-9-10-22-25(18)16-6-2-1-3-7-16/h4-5,8-10,12,14,16H,1-3,6-7,11,13H2,(H,23,27). The average Bonchev–Trinajstić information content (AvgIpc) is 3.29. The van der Waals surface area contributed by atoms with Crippen molar-refractivity contribution < 1.29 is 9.59 Å². The minimum absolute atomic E-state index is 0.0572. The predicted molar refractivity (Wildman–Crippen MR) is 105 cm³/mol. The molecule has 1 aromatic heterocycles. The van der Waals surface area contributed by atoms with E-state index in [4.69, 9.17) is 11.6 Å². The minimum atomic E-state index is -0.383. The number of nitrogens with one attached hydrogen (secondary N) is 1. The lowest BCUT2D eigenvalue weighted by molar-refractivity contribution is -0.122. The Balaban J connectivity index is 1.44. The molecule has 7 heteroatoms. The number of nitrogens with zero attached hydrogens (tertiary/aromatic N) is 3. The summed E-state index contributed by atoms with van der Waals surface area (Å²) in [5.41, 5.74) is 0.732. The third-order valence-corrected chi connectivity index (χ3v) is 5.69. The fraction of sp³-hybridized carbons (Fsp3) is 0.450. The van der Waals surface area contributed by atoms with Gasteiger partial charge in [-0.05, 0) is 31.0 Å². The van der Waals surface area contributed by atoms with Crippen molar-refractivity contribution in [1.82, 2.24) is 9.78 Å². The first-order valence-corrected chi connectivity index (χ1v) is 9.90. The summed E-state index contributed by atoms with van der Waals surface area (Å²) in [4.78, 5) is 26.8. The van der Waals surface area contributed by atoms with Crippen LogP contribution in [0.2, 0.25) is 5.02 Å². The van der Waals surface area contributed by atoms with E-state index in [0.29, 0.717) is 17.6 Å². The number of carbonyl (C=O) groups is 2. The van der Waals surface area contributed by atoms with E-state index in [2.05, 4.69) is 10.4 Å². The van der Waals surface area contributed by atoms with Gasteiger partial charge in [-0.25, -0.2) is 4.68 Å². The van der Waals surface area contributed by atoms with E-state index in [1.165, 1.54) is 19.3 Å². The molecule has 0 radical (unpaired) electrons. The van der Waals surface area contributed by atoms with E-state index in [0.717, 1.165) is 24.3 Å². The van der Waals surface area contributed by atoms with Crippen molar-refractivity contribution in [3.63, 3.8) is 0 Å². The highest BCUT2D eigenvalue weighted by Gasteiger charge is 2.35. The van der Waals surface area contributed by atoms with Gasteiger partial charge in [0.2, 0.25) is 11.8 Å². The Morgan fingerprint density at radius 1 is 1.19 bits per heavy atom. The maximum Gasteiger partial charge on any atom is 0.230 e. The summed E-state index contributed by atoms with van der Waals surface area (Å²) >= 11 is 6.03. The molecular weight excluding hydrogens is 364 g/mol. The second-order valence-corrected chi connectivity index (χ2v) is 7.76. The zero-order chi connectivity index (χ0) is 18.8. The molecule has 27 heavy (non-hydrogen) atoms. The quantitative estimate of drug-likeness (QED) is 0.862. The van der Waals surface area contributed by atoms with Crippen LogP contribution >= 0.6 is 11.6 Å². The predicted octanol–water partition coefficient (Wildman–Crippen LogP) is 4.03. The van der Waals surface area contributed by atoms with E-state index in [1.807, 2.05) is 16.8 Å². The minimum Gasteiger partial charge on any atom is -0.312 e. The molecule has 1 aromatic carbocycles. The number of anilines is 2. The zero-order valence-corrected chi connectivity index (χ0v) is 15.9. The number of aromatic nitrogens is 2. The Kier molecular flexibility index (Phi) is 5.16. The summed E-state index contributed by atoms with van der Waals surface area (Å²) in [7, 11) is 0. The lowest BCUT2D eigenvalue weighted by atomic mass is 9.96. The smallest absolute Gasteiger partial charge is 0.230 e. The molecule has 2 aromatic rings. The van der Waals surface area contributed by atoms with Crippen molar-refractivity contribution in [3.05, 3.63) is 41.6 Å². The van der Waals surface area contributed by atoms with Gasteiger partial charge < -0.3 is 10.2 Å². The molecule has 0 bridgehead atoms. The van der Waals surface area contributed by atoms with Gasteiger partial charge in [0, 0.05) is 29.7 Å². The van der Waals surface area contributed by atoms with Gasteiger partial charge in [-0.2, -0.15) is 5.10 Å². The van der Waals surface area contributed by atoms with Crippen molar-refractivity contribution in [2.45, 2.75) is 44.6 Å². The molecule has 0 spiro atoms. The molecule has 1 aliphatic heterocycles. The third kappa shape index (κ3) is 3.86. The lowest BCUT2D eigenvalue weighted by Crippen LogP contribution is -2.29. The number of hydrogen-bond acceptors (Lipinski definition) is 3. The van der Waals surface area contributed by atoms with Crippen molar-refractivity contribution in [2.75, 3.05) is 16.8 Å². The normalized spacial score (nSPS) is 20.9. The van der Waals surface area contributed by atoms with Crippen LogP contribution in [0.3, 0.4) is 0 Å². The Morgan fingerprint density at radius 3 is 2.78 bits per heavy atom. The van der Waals surface area contributed by atoms with E-state index in [9.17, 15) is 9.59 Å². The molecule has 1 unspecified atom stereocenters. The van der Waals surface area contributed by atoms with Gasteiger partial charge in [-0.1, -0.05) is 36.9 Å². The number of carbonyl (C=O) groups excluding carboxylic acids is 2. The number of rotatable bonds is 4. The van der Waals surface area contributed by atoms with Crippen molar-refractivity contribution in [3.8, 4) is 0 Å². The molecule has 2 amide bonds. The van der Waals surface area contributed by atoms with Crippen LogP contribution in [-0.4, -0.2) is 28.1 Å². The highest BCUT2D eigenvalue weighted by Crippen LogP contribution is 2.31. The Morgan fingerprint density at radius 2 is 2.00 bits per heavy atom. The number of hydrogen-bond donors (Lipinski definition) is 1. The molecule has 4 rings (SSSR count). The molecular formula is C20H23ClN4O2. The Hall–Kier alpha value is -2.34. The maximum absolute atomic E-state index is 12.8. The third-order valence-electron chi connectivity index (χ3n) is 5.46. The van der Waals surface area contributed by atoms with Crippen LogP contribution in [0.25, 0.3) is 0 Å². The summed E-state index contributed by atoms with van der Waals surface area (Å²) in [5.74, 6) is 0.149. The first-order valence-electron chi connectivity index (χ1n) is 9.52. The van der Waals surface area contributed by atoms with Crippen LogP contribution in [0.15, 0.2) is 36.5 Å². The topological polar surface area (TPSA) is 67.2 Å². The van der Waals surface area contributed by atoms with E-state index < -0.39 is 0 Å². The lowest BCUT2D eigenvalue weighted by Gasteiger charge is -2.24. The molecule has 2 fully saturated rings. The number of amides is 2. The number of benzene rings is 1. The molecule has 6 nitrogen and oxygen atoms in total. The van der Waals surface area contributed by atoms with Gasteiger partial charge in [0.25, 0.3) is 0 Å². The van der Waals surface area contributed by atoms with Gasteiger partial charge in [-0.15, -0.1) is 0 Å². The summed E-state index contributed by atoms with van der Waals surface area (Å²) in [6, 6.07) is 9.33. The highest BCUT2D eigenvalue weighted by atomic mass is 35.5. The van der Waals surface area contributed by atoms with Crippen molar-refractivity contribution in [2.24, 2.45) is 5.92 Å². The molecule has 142 valence electrons. The number of halogens is 1. The molecule has 2 heterocycles. The molecule has 1 saturated heterocycles. The van der Waals surface area contributed by atoms with E-state index in [-0.39, 0.29) is 24.2 Å². The monoisotopic (exact) mass is 386 g/mol. The van der Waals surface area contributed by atoms with Crippen LogP contribution in [0.4, 0.5) is 11.5 Å². The Labute approximate surface area is 163 Å². The highest BCUT2D eigenvalue weighted by molar-refractivity contribution is 6.31. The van der Waals surface area contributed by atoms with Crippen LogP contribution in [0, 0.1) is 5.92 Å². The second kappa shape index (κ2) is 7.72. The van der Waals surface area contributed by atoms with Gasteiger partial charge in [0.05, 0.1) is 18.2 Å². The molecule has 2 aliphatic rings. The van der Waals surface area contributed by atoms with E-state index in [1.54, 1.807) is 29.3 Å². The average molecular weight is 387 g/mol. The molecule has 1 N–H and O–H groups in total. The summed E-state index contributed by atoms with van der Waals surface area (Å²) in [6.07, 6.45) is 7.78. The first-order chi connectivity index (χ1) is 13.1. The van der Waals surface area contributed by atoms with Crippen molar-refractivity contribution >= 4 is 34.9 Å².